The number of nitrogens with one attached hydrogen (secondary N) is 3. The van der Waals surface area contributed by atoms with Gasteiger partial charge in [-0.05, 0) is 36.4 Å². The average molecular weight is 398 g/mol. The lowest BCUT2D eigenvalue weighted by atomic mass is 10.2. The van der Waals surface area contributed by atoms with Crippen LogP contribution in [0, 0.1) is 0 Å². The van der Waals surface area contributed by atoms with Crippen molar-refractivity contribution in [3.63, 3.8) is 0 Å². The lowest BCUT2D eigenvalue weighted by Gasteiger charge is -2.09. The van der Waals surface area contributed by atoms with Gasteiger partial charge in [0.15, 0.2) is 5.82 Å². The van der Waals surface area contributed by atoms with Crippen molar-refractivity contribution in [3.05, 3.63) is 66.7 Å². The number of alkyl halides is 3. The number of nitrogens with zero attached hydrogens (tertiary/aromatic N) is 3. The molecule has 10 heteroatoms. The van der Waals surface area contributed by atoms with Crippen LogP contribution in [0.2, 0.25) is 0 Å². The Morgan fingerprint density at radius 2 is 1.72 bits per heavy atom. The SMILES string of the molecule is O=C(Nc1ccc(C(F)(F)F)cc1)Nc1c[nH]c2ncc(-c3ncccn3)cc12. The molecule has 0 aliphatic carbocycles. The molecule has 0 unspecified atom stereocenters. The number of halogens is 3. The van der Waals surface area contributed by atoms with Gasteiger partial charge in [-0.2, -0.15) is 13.2 Å². The van der Waals surface area contributed by atoms with Crippen LogP contribution >= 0.6 is 0 Å². The van der Waals surface area contributed by atoms with Gasteiger partial charge in [0.05, 0.1) is 11.3 Å². The fraction of sp³-hybridized carbons (Fsp3) is 0.0526. The first-order chi connectivity index (χ1) is 13.9. The van der Waals surface area contributed by atoms with E-state index in [1.165, 1.54) is 12.1 Å². The number of carbonyl (C=O) groups excluding carboxylic acids is 1. The molecule has 0 saturated heterocycles. The van der Waals surface area contributed by atoms with Crippen LogP contribution in [0.3, 0.4) is 0 Å². The van der Waals surface area contributed by atoms with Gasteiger partial charge in [-0.15, -0.1) is 0 Å². The van der Waals surface area contributed by atoms with E-state index >= 15 is 0 Å². The van der Waals surface area contributed by atoms with Crippen LogP contribution in [-0.2, 0) is 6.18 Å². The molecule has 3 aromatic heterocycles. The number of fused-ring (bicyclic) bond motifs is 1. The molecule has 0 aliphatic heterocycles. The summed E-state index contributed by atoms with van der Waals surface area (Å²) >= 11 is 0. The lowest BCUT2D eigenvalue weighted by molar-refractivity contribution is -0.137. The first kappa shape index (κ1) is 18.4. The molecule has 0 fully saturated rings. The summed E-state index contributed by atoms with van der Waals surface area (Å²) in [5, 5.41) is 5.78. The van der Waals surface area contributed by atoms with Crippen LogP contribution in [0.1, 0.15) is 5.56 Å². The molecular formula is C19H13F3N6O. The molecule has 1 aromatic carbocycles. The molecule has 0 saturated carbocycles. The molecule has 29 heavy (non-hydrogen) atoms. The van der Waals surface area contributed by atoms with Crippen LogP contribution in [0.25, 0.3) is 22.4 Å². The largest absolute Gasteiger partial charge is 0.416 e. The van der Waals surface area contributed by atoms with Crippen LogP contribution in [0.5, 0.6) is 0 Å². The van der Waals surface area contributed by atoms with E-state index in [-0.39, 0.29) is 5.69 Å². The number of benzene rings is 1. The van der Waals surface area contributed by atoms with Crippen LogP contribution in [0.15, 0.2) is 61.2 Å². The Balaban J connectivity index is 1.52. The first-order valence-electron chi connectivity index (χ1n) is 8.40. The molecule has 0 bridgehead atoms. The van der Waals surface area contributed by atoms with Crippen molar-refractivity contribution in [1.82, 2.24) is 19.9 Å². The summed E-state index contributed by atoms with van der Waals surface area (Å²) in [6.45, 7) is 0. The summed E-state index contributed by atoms with van der Waals surface area (Å²) < 4.78 is 37.9. The molecule has 146 valence electrons. The number of carbonyl (C=O) groups is 1. The van der Waals surface area contributed by atoms with Crippen molar-refractivity contribution in [2.45, 2.75) is 6.18 Å². The minimum Gasteiger partial charge on any atom is -0.344 e. The third-order valence-corrected chi connectivity index (χ3v) is 4.07. The number of hydrogen-bond donors (Lipinski definition) is 3. The zero-order valence-corrected chi connectivity index (χ0v) is 14.7. The topological polar surface area (TPSA) is 95.6 Å². The summed E-state index contributed by atoms with van der Waals surface area (Å²) in [5.41, 5.74) is 1.11. The van der Waals surface area contributed by atoms with Crippen molar-refractivity contribution in [2.24, 2.45) is 0 Å². The average Bonchev–Trinajstić information content (AvgIpc) is 3.10. The van der Waals surface area contributed by atoms with Crippen molar-refractivity contribution in [2.75, 3.05) is 10.6 Å². The van der Waals surface area contributed by atoms with Gasteiger partial charge in [-0.3, -0.25) is 0 Å². The molecule has 4 rings (SSSR count). The van der Waals surface area contributed by atoms with E-state index in [4.69, 9.17) is 0 Å². The zero-order chi connectivity index (χ0) is 20.4. The fourth-order valence-corrected chi connectivity index (χ4v) is 2.70. The van der Waals surface area contributed by atoms with Gasteiger partial charge in [0.25, 0.3) is 0 Å². The second kappa shape index (κ2) is 7.23. The predicted octanol–water partition coefficient (Wildman–Crippen LogP) is 4.68. The molecule has 0 atom stereocenters. The van der Waals surface area contributed by atoms with Gasteiger partial charge >= 0.3 is 12.2 Å². The van der Waals surface area contributed by atoms with E-state index in [9.17, 15) is 18.0 Å². The molecule has 0 radical (unpaired) electrons. The minimum absolute atomic E-state index is 0.229. The number of pyridine rings is 1. The maximum atomic E-state index is 12.6. The number of rotatable bonds is 3. The number of H-pyrrole nitrogens is 1. The summed E-state index contributed by atoms with van der Waals surface area (Å²) in [5.74, 6) is 0.489. The highest BCUT2D eigenvalue weighted by Gasteiger charge is 2.30. The highest BCUT2D eigenvalue weighted by molar-refractivity contribution is 6.05. The smallest absolute Gasteiger partial charge is 0.344 e. The molecule has 2 amide bonds. The van der Waals surface area contributed by atoms with E-state index in [1.807, 2.05) is 0 Å². The Morgan fingerprint density at radius 1 is 1.00 bits per heavy atom. The number of aromatic amines is 1. The van der Waals surface area contributed by atoms with Crippen molar-refractivity contribution in [3.8, 4) is 11.4 Å². The Morgan fingerprint density at radius 3 is 2.41 bits per heavy atom. The van der Waals surface area contributed by atoms with Crippen molar-refractivity contribution < 1.29 is 18.0 Å². The molecule has 0 spiro atoms. The summed E-state index contributed by atoms with van der Waals surface area (Å²) in [6.07, 6.45) is 1.97. The minimum atomic E-state index is -4.43. The summed E-state index contributed by atoms with van der Waals surface area (Å²) in [7, 11) is 0. The van der Waals surface area contributed by atoms with E-state index in [0.717, 1.165) is 12.1 Å². The maximum absolute atomic E-state index is 12.6. The monoisotopic (exact) mass is 398 g/mol. The van der Waals surface area contributed by atoms with Crippen molar-refractivity contribution >= 4 is 28.4 Å². The number of anilines is 2. The van der Waals surface area contributed by atoms with Gasteiger partial charge in [-0.25, -0.2) is 19.7 Å². The lowest BCUT2D eigenvalue weighted by Crippen LogP contribution is -2.19. The van der Waals surface area contributed by atoms with Crippen LogP contribution < -0.4 is 10.6 Å². The molecule has 7 nitrogen and oxygen atoms in total. The van der Waals surface area contributed by atoms with E-state index in [0.29, 0.717) is 28.1 Å². The van der Waals surface area contributed by atoms with Gasteiger partial charge in [0.2, 0.25) is 0 Å². The highest BCUT2D eigenvalue weighted by atomic mass is 19.4. The second-order valence-electron chi connectivity index (χ2n) is 6.05. The van der Waals surface area contributed by atoms with Crippen LogP contribution in [0.4, 0.5) is 29.3 Å². The van der Waals surface area contributed by atoms with Crippen molar-refractivity contribution in [1.29, 1.82) is 0 Å². The predicted molar refractivity (Wildman–Crippen MR) is 101 cm³/mol. The van der Waals surface area contributed by atoms with E-state index < -0.39 is 17.8 Å². The number of urea groups is 1. The molecule has 4 aromatic rings. The zero-order valence-electron chi connectivity index (χ0n) is 14.7. The Hall–Kier alpha value is -3.95. The fourth-order valence-electron chi connectivity index (χ4n) is 2.70. The first-order valence-corrected chi connectivity index (χ1v) is 8.40. The highest BCUT2D eigenvalue weighted by Crippen LogP contribution is 2.30. The third-order valence-electron chi connectivity index (χ3n) is 4.07. The maximum Gasteiger partial charge on any atom is 0.416 e. The van der Waals surface area contributed by atoms with Gasteiger partial charge in [0, 0.05) is 41.4 Å². The van der Waals surface area contributed by atoms with Gasteiger partial charge in [0.1, 0.15) is 5.65 Å². The Bertz CT molecular complexity index is 1160. The van der Waals surface area contributed by atoms with Gasteiger partial charge < -0.3 is 15.6 Å². The molecule has 3 N–H and O–H groups in total. The normalized spacial score (nSPS) is 11.4. The summed E-state index contributed by atoms with van der Waals surface area (Å²) in [4.78, 5) is 27.8. The third kappa shape index (κ3) is 4.00. The molecule has 0 aliphatic rings. The standard InChI is InChI=1S/C19H13F3N6O/c20-19(21,22)12-2-4-13(5-3-12)27-18(29)28-15-10-26-17-14(15)8-11(9-25-17)16-23-6-1-7-24-16/h1-10H,(H,25,26)(H2,27,28,29). The quantitative estimate of drug-likeness (QED) is 0.467. The van der Waals surface area contributed by atoms with Crippen LogP contribution in [-0.4, -0.2) is 26.0 Å². The second-order valence-corrected chi connectivity index (χ2v) is 6.05. The van der Waals surface area contributed by atoms with E-state index in [1.54, 1.807) is 36.9 Å². The number of hydrogen-bond acceptors (Lipinski definition) is 4. The number of amides is 2. The molecule has 3 heterocycles. The number of aromatic nitrogens is 4. The Kier molecular flexibility index (Phi) is 4.59. The van der Waals surface area contributed by atoms with Gasteiger partial charge in [-0.1, -0.05) is 0 Å². The Labute approximate surface area is 162 Å². The molecular weight excluding hydrogens is 385 g/mol. The summed E-state index contributed by atoms with van der Waals surface area (Å²) in [6, 6.07) is 7.04. The van der Waals surface area contributed by atoms with E-state index in [2.05, 4.69) is 30.6 Å².